The van der Waals surface area contributed by atoms with Crippen LogP contribution in [-0.4, -0.2) is 26.8 Å². The second-order valence-electron chi connectivity index (χ2n) is 5.00. The monoisotopic (exact) mass is 249 g/mol. The molecule has 0 saturated heterocycles. The van der Waals surface area contributed by atoms with Gasteiger partial charge in [0.05, 0.1) is 0 Å². The molecule has 2 heteroatoms. The van der Waals surface area contributed by atoms with Crippen molar-refractivity contribution in [1.82, 2.24) is 5.32 Å². The first kappa shape index (κ1) is 15.2. The molecule has 1 aromatic carbocycles. The zero-order valence-corrected chi connectivity index (χ0v) is 12.1. The van der Waals surface area contributed by atoms with Crippen molar-refractivity contribution in [1.29, 1.82) is 0 Å². The fourth-order valence-electron chi connectivity index (χ4n) is 2.76. The maximum absolute atomic E-state index is 5.20. The quantitative estimate of drug-likeness (QED) is 0.762. The molecule has 0 aliphatic carbocycles. The third kappa shape index (κ3) is 4.11. The Balaban J connectivity index is 2.77. The summed E-state index contributed by atoms with van der Waals surface area (Å²) >= 11 is 0. The summed E-state index contributed by atoms with van der Waals surface area (Å²) < 4.78 is 5.20. The number of methoxy groups -OCH3 is 1. The van der Waals surface area contributed by atoms with Crippen molar-refractivity contribution in [3.63, 3.8) is 0 Å². The van der Waals surface area contributed by atoms with Crippen molar-refractivity contribution in [2.75, 3.05) is 20.8 Å². The Morgan fingerprint density at radius 2 is 1.89 bits per heavy atom. The summed E-state index contributed by atoms with van der Waals surface area (Å²) in [5.41, 5.74) is 1.43. The van der Waals surface area contributed by atoms with E-state index in [1.807, 2.05) is 0 Å². The van der Waals surface area contributed by atoms with Gasteiger partial charge in [0.2, 0.25) is 0 Å². The van der Waals surface area contributed by atoms with Crippen LogP contribution in [0.3, 0.4) is 0 Å². The minimum atomic E-state index is 0.507. The number of ether oxygens (including phenoxy) is 1. The molecular weight excluding hydrogens is 222 g/mol. The first-order valence-corrected chi connectivity index (χ1v) is 6.95. The lowest BCUT2D eigenvalue weighted by Gasteiger charge is -2.31. The van der Waals surface area contributed by atoms with Gasteiger partial charge in [-0.2, -0.15) is 0 Å². The molecule has 1 N–H and O–H groups in total. The average molecular weight is 249 g/mol. The molecule has 0 aliphatic heterocycles. The molecule has 0 aromatic heterocycles. The lowest BCUT2D eigenvalue weighted by atomic mass is 9.81. The molecule has 3 unspecified atom stereocenters. The Kier molecular flexibility index (Phi) is 6.99. The van der Waals surface area contributed by atoms with Gasteiger partial charge in [-0.15, -0.1) is 0 Å². The normalized spacial score (nSPS) is 16.2. The van der Waals surface area contributed by atoms with E-state index in [-0.39, 0.29) is 0 Å². The zero-order valence-electron chi connectivity index (χ0n) is 12.1. The molecule has 0 aliphatic rings. The number of nitrogens with one attached hydrogen (secondary N) is 1. The second kappa shape index (κ2) is 8.28. The van der Waals surface area contributed by atoms with Gasteiger partial charge in [0.25, 0.3) is 0 Å². The minimum absolute atomic E-state index is 0.507. The lowest BCUT2D eigenvalue weighted by Crippen LogP contribution is -2.38. The smallest absolute Gasteiger partial charge is 0.0465 e. The molecule has 0 amide bonds. The summed E-state index contributed by atoms with van der Waals surface area (Å²) in [5, 5.41) is 3.50. The van der Waals surface area contributed by atoms with Crippen molar-refractivity contribution < 1.29 is 4.74 Å². The first-order valence-electron chi connectivity index (χ1n) is 6.95. The van der Waals surface area contributed by atoms with E-state index >= 15 is 0 Å². The average Bonchev–Trinajstić information content (AvgIpc) is 2.42. The van der Waals surface area contributed by atoms with Crippen LogP contribution < -0.4 is 5.32 Å². The van der Waals surface area contributed by atoms with Crippen LogP contribution in [0.5, 0.6) is 0 Å². The fourth-order valence-corrected chi connectivity index (χ4v) is 2.76. The molecule has 0 spiro atoms. The first-order chi connectivity index (χ1) is 8.74. The number of rotatable bonds is 8. The molecule has 0 heterocycles. The van der Waals surface area contributed by atoms with Gasteiger partial charge >= 0.3 is 0 Å². The van der Waals surface area contributed by atoms with E-state index in [9.17, 15) is 0 Å². The van der Waals surface area contributed by atoms with E-state index in [2.05, 4.69) is 56.5 Å². The zero-order chi connectivity index (χ0) is 13.4. The van der Waals surface area contributed by atoms with Crippen LogP contribution >= 0.6 is 0 Å². The van der Waals surface area contributed by atoms with Gasteiger partial charge < -0.3 is 10.1 Å². The van der Waals surface area contributed by atoms with Crippen LogP contribution in [0.4, 0.5) is 0 Å². The Hall–Kier alpha value is -0.860. The predicted molar refractivity (Wildman–Crippen MR) is 78.0 cm³/mol. The number of hydrogen-bond acceptors (Lipinski definition) is 2. The minimum Gasteiger partial charge on any atom is -0.385 e. The van der Waals surface area contributed by atoms with Crippen molar-refractivity contribution in [2.45, 2.75) is 38.6 Å². The number of benzene rings is 1. The van der Waals surface area contributed by atoms with E-state index in [1.165, 1.54) is 5.56 Å². The van der Waals surface area contributed by atoms with E-state index in [0.717, 1.165) is 19.4 Å². The van der Waals surface area contributed by atoms with Crippen molar-refractivity contribution in [2.24, 2.45) is 5.92 Å². The van der Waals surface area contributed by atoms with Crippen molar-refractivity contribution >= 4 is 0 Å². The Labute approximate surface area is 112 Å². The van der Waals surface area contributed by atoms with Crippen molar-refractivity contribution in [3.8, 4) is 0 Å². The summed E-state index contributed by atoms with van der Waals surface area (Å²) in [7, 11) is 3.84. The maximum Gasteiger partial charge on any atom is 0.0465 e. The van der Waals surface area contributed by atoms with Gasteiger partial charge in [0, 0.05) is 19.8 Å². The summed E-state index contributed by atoms with van der Waals surface area (Å²) in [5.74, 6) is 1.18. The molecule has 102 valence electrons. The largest absolute Gasteiger partial charge is 0.385 e. The van der Waals surface area contributed by atoms with Gasteiger partial charge in [-0.25, -0.2) is 0 Å². The van der Waals surface area contributed by atoms with Crippen LogP contribution in [-0.2, 0) is 4.74 Å². The molecule has 3 atom stereocenters. The lowest BCUT2D eigenvalue weighted by molar-refractivity contribution is 0.166. The highest BCUT2D eigenvalue weighted by Crippen LogP contribution is 2.28. The molecule has 2 nitrogen and oxygen atoms in total. The molecule has 0 bridgehead atoms. The Bertz CT molecular complexity index is 312. The van der Waals surface area contributed by atoms with E-state index in [1.54, 1.807) is 7.11 Å². The highest BCUT2D eigenvalue weighted by atomic mass is 16.5. The summed E-state index contributed by atoms with van der Waals surface area (Å²) in [6.45, 7) is 5.42. The summed E-state index contributed by atoms with van der Waals surface area (Å²) in [6, 6.07) is 11.3. The number of hydrogen-bond donors (Lipinski definition) is 1. The van der Waals surface area contributed by atoms with Gasteiger partial charge in [-0.05, 0) is 37.3 Å². The van der Waals surface area contributed by atoms with Gasteiger partial charge in [-0.1, -0.05) is 44.2 Å². The Morgan fingerprint density at radius 3 is 2.39 bits per heavy atom. The standard InChI is InChI=1S/C16H27NO/c1-5-15(14-9-7-6-8-10-14)16(17-3)13(2)11-12-18-4/h6-10,13,15-17H,5,11-12H2,1-4H3. The molecule has 18 heavy (non-hydrogen) atoms. The third-order valence-corrected chi connectivity index (χ3v) is 3.82. The molecule has 0 fully saturated rings. The van der Waals surface area contributed by atoms with E-state index in [0.29, 0.717) is 17.9 Å². The van der Waals surface area contributed by atoms with E-state index in [4.69, 9.17) is 4.74 Å². The highest BCUT2D eigenvalue weighted by molar-refractivity contribution is 5.21. The van der Waals surface area contributed by atoms with Crippen LogP contribution in [0.15, 0.2) is 30.3 Å². The van der Waals surface area contributed by atoms with Crippen LogP contribution in [0, 0.1) is 5.92 Å². The third-order valence-electron chi connectivity index (χ3n) is 3.82. The summed E-state index contributed by atoms with van der Waals surface area (Å²) in [6.07, 6.45) is 2.26. The van der Waals surface area contributed by atoms with E-state index < -0.39 is 0 Å². The van der Waals surface area contributed by atoms with Gasteiger partial charge in [-0.3, -0.25) is 0 Å². The second-order valence-corrected chi connectivity index (χ2v) is 5.00. The van der Waals surface area contributed by atoms with Crippen LogP contribution in [0.1, 0.15) is 38.2 Å². The SMILES string of the molecule is CCC(c1ccccc1)C(NC)C(C)CCOC. The number of likely N-dealkylation sites (N-methyl/N-ethyl adjacent to an activating group) is 1. The Morgan fingerprint density at radius 1 is 1.22 bits per heavy atom. The van der Waals surface area contributed by atoms with Gasteiger partial charge in [0.1, 0.15) is 0 Å². The topological polar surface area (TPSA) is 21.3 Å². The molecular formula is C16H27NO. The molecule has 1 aromatic rings. The van der Waals surface area contributed by atoms with Crippen molar-refractivity contribution in [3.05, 3.63) is 35.9 Å². The van der Waals surface area contributed by atoms with Crippen LogP contribution in [0.25, 0.3) is 0 Å². The maximum atomic E-state index is 5.20. The van der Waals surface area contributed by atoms with Crippen LogP contribution in [0.2, 0.25) is 0 Å². The summed E-state index contributed by atoms with van der Waals surface area (Å²) in [4.78, 5) is 0. The fraction of sp³-hybridized carbons (Fsp3) is 0.625. The molecule has 0 radical (unpaired) electrons. The predicted octanol–water partition coefficient (Wildman–Crippen LogP) is 3.44. The highest BCUT2D eigenvalue weighted by Gasteiger charge is 2.25. The molecule has 0 saturated carbocycles. The molecule has 1 rings (SSSR count). The van der Waals surface area contributed by atoms with Gasteiger partial charge in [0.15, 0.2) is 0 Å².